The highest BCUT2D eigenvalue weighted by Crippen LogP contribution is 2.30. The Morgan fingerprint density at radius 2 is 2.33 bits per heavy atom. The molecule has 1 unspecified atom stereocenters. The van der Waals surface area contributed by atoms with Crippen LogP contribution in [0.3, 0.4) is 0 Å². The van der Waals surface area contributed by atoms with E-state index in [2.05, 4.69) is 16.9 Å². The van der Waals surface area contributed by atoms with Crippen LogP contribution in [0.1, 0.15) is 34.1 Å². The summed E-state index contributed by atoms with van der Waals surface area (Å²) < 4.78 is 5.44. The first kappa shape index (κ1) is 14.5. The normalized spacial score (nSPS) is 23.2. The fourth-order valence-electron chi connectivity index (χ4n) is 1.58. The minimum Gasteiger partial charge on any atom is -0.459 e. The monoisotopic (exact) mass is 250 g/mol. The molecule has 0 saturated carbocycles. The van der Waals surface area contributed by atoms with Gasteiger partial charge in [0.25, 0.3) is 0 Å². The second-order valence-electron chi connectivity index (χ2n) is 5.66. The Morgan fingerprint density at radius 3 is 2.89 bits per heavy atom. The molecule has 0 aliphatic carbocycles. The minimum atomic E-state index is -0.654. The number of nitrogens with one attached hydrogen (secondary N) is 1. The molecule has 18 heavy (non-hydrogen) atoms. The average molecular weight is 250 g/mol. The van der Waals surface area contributed by atoms with Gasteiger partial charge in [-0.1, -0.05) is 6.08 Å². The lowest BCUT2D eigenvalue weighted by Crippen LogP contribution is -2.40. The quantitative estimate of drug-likeness (QED) is 0.618. The molecule has 0 radical (unpaired) electrons. The first-order chi connectivity index (χ1) is 8.27. The molecule has 0 saturated heterocycles. The summed E-state index contributed by atoms with van der Waals surface area (Å²) in [5.74, 6) is 0.560. The van der Waals surface area contributed by atoms with Crippen LogP contribution in [0.25, 0.3) is 0 Å². The fourth-order valence-corrected chi connectivity index (χ4v) is 1.58. The van der Waals surface area contributed by atoms with E-state index in [1.54, 1.807) is 18.4 Å². The highest BCUT2D eigenvalue weighted by molar-refractivity contribution is 5.91. The summed E-state index contributed by atoms with van der Waals surface area (Å²) in [6.07, 6.45) is 5.72. The summed E-state index contributed by atoms with van der Waals surface area (Å²) in [4.78, 5) is 16.4. The van der Waals surface area contributed by atoms with E-state index in [1.165, 1.54) is 0 Å². The van der Waals surface area contributed by atoms with Crippen molar-refractivity contribution < 1.29 is 9.53 Å². The minimum absolute atomic E-state index is 0.223. The van der Waals surface area contributed by atoms with Crippen LogP contribution in [-0.4, -0.2) is 24.0 Å². The van der Waals surface area contributed by atoms with Crippen LogP contribution in [0.4, 0.5) is 0 Å². The van der Waals surface area contributed by atoms with Crippen molar-refractivity contribution >= 4 is 11.8 Å². The molecule has 0 aromatic rings. The summed E-state index contributed by atoms with van der Waals surface area (Å²) >= 11 is 0. The molecule has 0 amide bonds. The molecule has 0 fully saturated rings. The van der Waals surface area contributed by atoms with Crippen molar-refractivity contribution in [3.8, 4) is 0 Å². The lowest BCUT2D eigenvalue weighted by Gasteiger charge is -2.30. The van der Waals surface area contributed by atoms with Crippen molar-refractivity contribution in [2.24, 2.45) is 10.4 Å². The molecule has 1 rings (SSSR count). The number of carbonyl (C=O) groups is 1. The fraction of sp³-hybridized carbons (Fsp3) is 0.571. The molecular formula is C14H22N2O2. The topological polar surface area (TPSA) is 50.7 Å². The zero-order valence-electron chi connectivity index (χ0n) is 11.6. The maximum absolute atomic E-state index is 12.2. The van der Waals surface area contributed by atoms with Crippen LogP contribution in [0.15, 0.2) is 29.9 Å². The SMILES string of the molecule is C=CCNC1=NC=CC(C)(C(=O)OC(C)(C)C)C1. The van der Waals surface area contributed by atoms with Gasteiger partial charge in [-0.3, -0.25) is 4.79 Å². The lowest BCUT2D eigenvalue weighted by atomic mass is 9.84. The highest BCUT2D eigenvalue weighted by Gasteiger charge is 2.37. The van der Waals surface area contributed by atoms with Crippen molar-refractivity contribution in [2.75, 3.05) is 6.54 Å². The van der Waals surface area contributed by atoms with E-state index in [0.29, 0.717) is 13.0 Å². The highest BCUT2D eigenvalue weighted by atomic mass is 16.6. The number of hydrogen-bond acceptors (Lipinski definition) is 4. The Hall–Kier alpha value is -1.58. The van der Waals surface area contributed by atoms with Crippen LogP contribution in [0.5, 0.6) is 0 Å². The molecule has 1 aliphatic heterocycles. The Bertz CT molecular complexity index is 391. The Kier molecular flexibility index (Phi) is 4.33. The smallest absolute Gasteiger partial charge is 0.316 e. The Balaban J connectivity index is 2.72. The van der Waals surface area contributed by atoms with Crippen LogP contribution in [0.2, 0.25) is 0 Å². The Morgan fingerprint density at radius 1 is 1.67 bits per heavy atom. The van der Waals surface area contributed by atoms with E-state index >= 15 is 0 Å². The predicted octanol–water partition coefficient (Wildman–Crippen LogP) is 2.43. The number of nitrogens with zero attached hydrogens (tertiary/aromatic N) is 1. The molecule has 4 heteroatoms. The molecule has 0 bridgehead atoms. The van der Waals surface area contributed by atoms with E-state index in [1.807, 2.05) is 27.7 Å². The van der Waals surface area contributed by atoms with Gasteiger partial charge < -0.3 is 10.1 Å². The third-order valence-corrected chi connectivity index (χ3v) is 2.52. The van der Waals surface area contributed by atoms with E-state index in [9.17, 15) is 4.79 Å². The van der Waals surface area contributed by atoms with Crippen molar-refractivity contribution in [3.63, 3.8) is 0 Å². The van der Waals surface area contributed by atoms with Crippen molar-refractivity contribution in [2.45, 2.75) is 39.7 Å². The standard InChI is InChI=1S/C14H22N2O2/c1-6-8-15-11-10-14(5,7-9-16-11)12(17)18-13(2,3)4/h6-7,9H,1,8,10H2,2-5H3,(H,15,16). The number of carbonyl (C=O) groups excluding carboxylic acids is 1. The van der Waals surface area contributed by atoms with Crippen LogP contribution in [-0.2, 0) is 9.53 Å². The molecule has 1 N–H and O–H groups in total. The second kappa shape index (κ2) is 5.38. The number of amidine groups is 1. The van der Waals surface area contributed by atoms with Gasteiger partial charge in [-0.25, -0.2) is 4.99 Å². The molecule has 4 nitrogen and oxygen atoms in total. The summed E-state index contributed by atoms with van der Waals surface area (Å²) in [5.41, 5.74) is -1.13. The third kappa shape index (κ3) is 4.02. The molecular weight excluding hydrogens is 228 g/mol. The molecule has 0 aromatic heterocycles. The Labute approximate surface area is 109 Å². The van der Waals surface area contributed by atoms with Crippen LogP contribution in [0, 0.1) is 5.41 Å². The van der Waals surface area contributed by atoms with Gasteiger partial charge in [-0.15, -0.1) is 6.58 Å². The van der Waals surface area contributed by atoms with E-state index in [-0.39, 0.29) is 5.97 Å². The van der Waals surface area contributed by atoms with Crippen LogP contribution < -0.4 is 5.32 Å². The van der Waals surface area contributed by atoms with Gasteiger partial charge in [0, 0.05) is 19.2 Å². The van der Waals surface area contributed by atoms with E-state index < -0.39 is 11.0 Å². The van der Waals surface area contributed by atoms with Crippen molar-refractivity contribution in [1.29, 1.82) is 0 Å². The first-order valence-corrected chi connectivity index (χ1v) is 6.09. The predicted molar refractivity (Wildman–Crippen MR) is 73.3 cm³/mol. The summed E-state index contributed by atoms with van der Waals surface area (Å²) in [6.45, 7) is 11.7. The number of aliphatic imine (C=N–C) groups is 1. The van der Waals surface area contributed by atoms with Crippen molar-refractivity contribution in [3.05, 3.63) is 24.9 Å². The number of hydrogen-bond donors (Lipinski definition) is 1. The largest absolute Gasteiger partial charge is 0.459 e. The maximum Gasteiger partial charge on any atom is 0.316 e. The zero-order chi connectivity index (χ0) is 13.8. The summed E-state index contributed by atoms with van der Waals surface area (Å²) in [5, 5.41) is 3.12. The lowest BCUT2D eigenvalue weighted by molar-refractivity contribution is -0.163. The van der Waals surface area contributed by atoms with Gasteiger partial charge in [0.2, 0.25) is 0 Å². The average Bonchev–Trinajstić information content (AvgIpc) is 2.24. The van der Waals surface area contributed by atoms with Gasteiger partial charge in [0.05, 0.1) is 5.41 Å². The number of esters is 1. The van der Waals surface area contributed by atoms with E-state index in [0.717, 1.165) is 5.84 Å². The molecule has 1 aliphatic rings. The molecule has 0 aromatic carbocycles. The first-order valence-electron chi connectivity index (χ1n) is 6.09. The third-order valence-electron chi connectivity index (χ3n) is 2.52. The maximum atomic E-state index is 12.2. The molecule has 1 atom stereocenters. The van der Waals surface area contributed by atoms with Crippen molar-refractivity contribution in [1.82, 2.24) is 5.32 Å². The molecule has 100 valence electrons. The van der Waals surface area contributed by atoms with Gasteiger partial charge in [0.15, 0.2) is 0 Å². The summed E-state index contributed by atoms with van der Waals surface area (Å²) in [6, 6.07) is 0. The summed E-state index contributed by atoms with van der Waals surface area (Å²) in [7, 11) is 0. The van der Waals surface area contributed by atoms with Gasteiger partial charge in [0.1, 0.15) is 11.4 Å². The number of rotatable bonds is 3. The van der Waals surface area contributed by atoms with Gasteiger partial charge in [-0.2, -0.15) is 0 Å². The zero-order valence-corrected chi connectivity index (χ0v) is 11.6. The second-order valence-corrected chi connectivity index (χ2v) is 5.66. The van der Waals surface area contributed by atoms with Crippen LogP contribution >= 0.6 is 0 Å². The van der Waals surface area contributed by atoms with E-state index in [4.69, 9.17) is 4.74 Å². The number of ether oxygens (including phenoxy) is 1. The van der Waals surface area contributed by atoms with Gasteiger partial charge >= 0.3 is 5.97 Å². The molecule has 0 spiro atoms. The molecule has 1 heterocycles. The van der Waals surface area contributed by atoms with Gasteiger partial charge in [-0.05, 0) is 33.8 Å².